The van der Waals surface area contributed by atoms with Crippen molar-refractivity contribution in [3.63, 3.8) is 0 Å². The first-order valence-electron chi connectivity index (χ1n) is 7.65. The van der Waals surface area contributed by atoms with Gasteiger partial charge in [-0.2, -0.15) is 0 Å². The molecule has 1 saturated heterocycles. The number of hydrogen-bond acceptors (Lipinski definition) is 4. The number of amides is 2. The van der Waals surface area contributed by atoms with Crippen molar-refractivity contribution in [2.75, 3.05) is 26.2 Å². The van der Waals surface area contributed by atoms with Crippen molar-refractivity contribution in [2.45, 2.75) is 25.3 Å². The first-order valence-corrected chi connectivity index (χ1v) is 7.65. The second-order valence-electron chi connectivity index (χ2n) is 5.40. The molecule has 1 atom stereocenters. The Hall–Kier alpha value is -2.08. The number of piperidine rings is 1. The Morgan fingerprint density at radius 3 is 2.77 bits per heavy atom. The Morgan fingerprint density at radius 1 is 1.27 bits per heavy atom. The SMILES string of the molecule is NC(=O)[C@H]1CCCCN1CC(=O)NCCOc1ccccc1. The van der Waals surface area contributed by atoms with Crippen LogP contribution in [0.2, 0.25) is 0 Å². The predicted octanol–water partition coefficient (Wildman–Crippen LogP) is 0.521. The highest BCUT2D eigenvalue weighted by molar-refractivity contribution is 5.82. The molecule has 1 heterocycles. The molecule has 0 spiro atoms. The number of carbonyl (C=O) groups is 2. The summed E-state index contributed by atoms with van der Waals surface area (Å²) >= 11 is 0. The van der Waals surface area contributed by atoms with E-state index in [1.54, 1.807) is 0 Å². The molecule has 6 nitrogen and oxygen atoms in total. The molecule has 2 amide bonds. The van der Waals surface area contributed by atoms with E-state index in [-0.39, 0.29) is 24.4 Å². The maximum absolute atomic E-state index is 11.9. The van der Waals surface area contributed by atoms with E-state index in [4.69, 9.17) is 10.5 Å². The summed E-state index contributed by atoms with van der Waals surface area (Å²) in [5.74, 6) is 0.325. The van der Waals surface area contributed by atoms with E-state index in [1.165, 1.54) is 0 Å². The van der Waals surface area contributed by atoms with Crippen molar-refractivity contribution in [3.05, 3.63) is 30.3 Å². The van der Waals surface area contributed by atoms with E-state index < -0.39 is 0 Å². The van der Waals surface area contributed by atoms with Crippen molar-refractivity contribution >= 4 is 11.8 Å². The first kappa shape index (κ1) is 16.3. The molecule has 0 saturated carbocycles. The molecule has 0 aromatic heterocycles. The number of nitrogens with one attached hydrogen (secondary N) is 1. The third-order valence-corrected chi connectivity index (χ3v) is 3.72. The summed E-state index contributed by atoms with van der Waals surface area (Å²) in [6, 6.07) is 9.13. The minimum Gasteiger partial charge on any atom is -0.492 e. The van der Waals surface area contributed by atoms with Crippen LogP contribution in [-0.4, -0.2) is 49.0 Å². The zero-order valence-corrected chi connectivity index (χ0v) is 12.7. The highest BCUT2D eigenvalue weighted by Gasteiger charge is 2.28. The van der Waals surface area contributed by atoms with Crippen LogP contribution in [0.5, 0.6) is 5.75 Å². The van der Waals surface area contributed by atoms with Crippen LogP contribution >= 0.6 is 0 Å². The topological polar surface area (TPSA) is 84.7 Å². The quantitative estimate of drug-likeness (QED) is 0.719. The van der Waals surface area contributed by atoms with Crippen LogP contribution in [0.4, 0.5) is 0 Å². The van der Waals surface area contributed by atoms with Gasteiger partial charge in [-0.3, -0.25) is 14.5 Å². The van der Waals surface area contributed by atoms with Gasteiger partial charge >= 0.3 is 0 Å². The number of ether oxygens (including phenoxy) is 1. The van der Waals surface area contributed by atoms with Gasteiger partial charge in [0.25, 0.3) is 0 Å². The van der Waals surface area contributed by atoms with E-state index in [2.05, 4.69) is 5.32 Å². The van der Waals surface area contributed by atoms with Crippen LogP contribution in [-0.2, 0) is 9.59 Å². The summed E-state index contributed by atoms with van der Waals surface area (Å²) < 4.78 is 5.50. The maximum Gasteiger partial charge on any atom is 0.234 e. The molecule has 22 heavy (non-hydrogen) atoms. The van der Waals surface area contributed by atoms with Gasteiger partial charge in [-0.15, -0.1) is 0 Å². The van der Waals surface area contributed by atoms with Gasteiger partial charge < -0.3 is 15.8 Å². The highest BCUT2D eigenvalue weighted by atomic mass is 16.5. The molecule has 1 aliphatic heterocycles. The summed E-state index contributed by atoms with van der Waals surface area (Å²) in [6.45, 7) is 1.79. The number of hydrogen-bond donors (Lipinski definition) is 2. The van der Waals surface area contributed by atoms with E-state index in [0.717, 1.165) is 31.6 Å². The molecule has 1 aromatic rings. The number of likely N-dealkylation sites (tertiary alicyclic amines) is 1. The zero-order valence-electron chi connectivity index (χ0n) is 12.7. The molecule has 0 radical (unpaired) electrons. The van der Waals surface area contributed by atoms with E-state index in [1.807, 2.05) is 35.2 Å². The van der Waals surface area contributed by atoms with Gasteiger partial charge in [0.05, 0.1) is 19.1 Å². The fraction of sp³-hybridized carbons (Fsp3) is 0.500. The lowest BCUT2D eigenvalue weighted by molar-refractivity contribution is -0.128. The summed E-state index contributed by atoms with van der Waals surface area (Å²) in [4.78, 5) is 25.2. The molecule has 0 bridgehead atoms. The maximum atomic E-state index is 11.9. The molecule has 120 valence electrons. The van der Waals surface area contributed by atoms with Gasteiger partial charge in [-0.05, 0) is 31.5 Å². The van der Waals surface area contributed by atoms with Crippen LogP contribution in [0.15, 0.2) is 30.3 Å². The van der Waals surface area contributed by atoms with E-state index in [0.29, 0.717) is 13.2 Å². The number of benzene rings is 1. The molecule has 3 N–H and O–H groups in total. The molecule has 0 aliphatic carbocycles. The highest BCUT2D eigenvalue weighted by Crippen LogP contribution is 2.16. The minimum atomic E-state index is -0.347. The molecule has 1 fully saturated rings. The van der Waals surface area contributed by atoms with E-state index >= 15 is 0 Å². The van der Waals surface area contributed by atoms with Crippen LogP contribution in [0, 0.1) is 0 Å². The summed E-state index contributed by atoms with van der Waals surface area (Å²) in [6.07, 6.45) is 2.71. The fourth-order valence-electron chi connectivity index (χ4n) is 2.62. The van der Waals surface area contributed by atoms with E-state index in [9.17, 15) is 9.59 Å². The summed E-state index contributed by atoms with van der Waals surface area (Å²) in [7, 11) is 0. The lowest BCUT2D eigenvalue weighted by atomic mass is 10.0. The van der Waals surface area contributed by atoms with Gasteiger partial charge in [0.1, 0.15) is 12.4 Å². The Kier molecular flexibility index (Phi) is 6.21. The second kappa shape index (κ2) is 8.38. The number of nitrogens with zero attached hydrogens (tertiary/aromatic N) is 1. The van der Waals surface area contributed by atoms with Gasteiger partial charge in [0, 0.05) is 0 Å². The zero-order chi connectivity index (χ0) is 15.8. The van der Waals surface area contributed by atoms with Crippen LogP contribution < -0.4 is 15.8 Å². The first-order chi connectivity index (χ1) is 10.7. The van der Waals surface area contributed by atoms with Gasteiger partial charge in [-0.25, -0.2) is 0 Å². The average molecular weight is 305 g/mol. The van der Waals surface area contributed by atoms with Gasteiger partial charge in [0.15, 0.2) is 0 Å². The molecular weight excluding hydrogens is 282 g/mol. The lowest BCUT2D eigenvalue weighted by Crippen LogP contribution is -2.51. The Balaban J connectivity index is 1.67. The van der Waals surface area contributed by atoms with Crippen LogP contribution in [0.3, 0.4) is 0 Å². The molecule has 6 heteroatoms. The number of nitrogens with two attached hydrogens (primary N) is 1. The normalized spacial score (nSPS) is 18.6. The molecular formula is C16H23N3O3. The Labute approximate surface area is 130 Å². The number of rotatable bonds is 7. The van der Waals surface area contributed by atoms with Crippen LogP contribution in [0.1, 0.15) is 19.3 Å². The van der Waals surface area contributed by atoms with Crippen molar-refractivity contribution in [2.24, 2.45) is 5.73 Å². The monoisotopic (exact) mass is 305 g/mol. The molecule has 1 aliphatic rings. The van der Waals surface area contributed by atoms with Crippen molar-refractivity contribution < 1.29 is 14.3 Å². The Morgan fingerprint density at radius 2 is 2.05 bits per heavy atom. The summed E-state index contributed by atoms with van der Waals surface area (Å²) in [5.41, 5.74) is 5.39. The fourth-order valence-corrected chi connectivity index (χ4v) is 2.62. The predicted molar refractivity (Wildman–Crippen MR) is 83.4 cm³/mol. The lowest BCUT2D eigenvalue weighted by Gasteiger charge is -2.32. The third-order valence-electron chi connectivity index (χ3n) is 3.72. The average Bonchev–Trinajstić information content (AvgIpc) is 2.53. The largest absolute Gasteiger partial charge is 0.492 e. The summed E-state index contributed by atoms with van der Waals surface area (Å²) in [5, 5.41) is 2.80. The molecule has 1 aromatic carbocycles. The van der Waals surface area contributed by atoms with Gasteiger partial charge in [0.2, 0.25) is 11.8 Å². The smallest absolute Gasteiger partial charge is 0.234 e. The van der Waals surface area contributed by atoms with Crippen LogP contribution in [0.25, 0.3) is 0 Å². The number of carbonyl (C=O) groups excluding carboxylic acids is 2. The third kappa shape index (κ3) is 5.04. The standard InChI is InChI=1S/C16H23N3O3/c17-16(21)14-8-4-5-10-19(14)12-15(20)18-9-11-22-13-6-2-1-3-7-13/h1-3,6-7,14H,4-5,8-12H2,(H2,17,21)(H,18,20)/t14-/m1/s1. The van der Waals surface area contributed by atoms with Gasteiger partial charge in [-0.1, -0.05) is 24.6 Å². The second-order valence-corrected chi connectivity index (χ2v) is 5.40. The van der Waals surface area contributed by atoms with Crippen molar-refractivity contribution in [1.82, 2.24) is 10.2 Å². The number of para-hydroxylation sites is 1. The van der Waals surface area contributed by atoms with Crippen molar-refractivity contribution in [3.8, 4) is 5.75 Å². The molecule has 0 unspecified atom stereocenters. The number of primary amides is 1. The molecule has 2 rings (SSSR count). The minimum absolute atomic E-state index is 0.107. The Bertz CT molecular complexity index is 493. The van der Waals surface area contributed by atoms with Crippen molar-refractivity contribution in [1.29, 1.82) is 0 Å².